The number of guanidine groups is 1. The quantitative estimate of drug-likeness (QED) is 0.00974. The minimum Gasteiger partial charge on any atom is -0.480 e. The van der Waals surface area contributed by atoms with Gasteiger partial charge in [0.05, 0.1) is 44.1 Å². The number of imidazole rings is 4. The lowest BCUT2D eigenvalue weighted by Crippen LogP contribution is -2.62. The van der Waals surface area contributed by atoms with E-state index < -0.39 is 156 Å². The maximum atomic E-state index is 14.6. The fourth-order valence-electron chi connectivity index (χ4n) is 12.6. The number of nitrogens with zero attached hydrogens (tertiary/aromatic N) is 7. The summed E-state index contributed by atoms with van der Waals surface area (Å²) < 4.78 is 0. The molecule has 1 aromatic carbocycles. The number of likely N-dealkylation sites (tertiary alicyclic amines) is 2. The molecular formula is C67H94N24O15. The van der Waals surface area contributed by atoms with Crippen LogP contribution in [0.3, 0.4) is 0 Å². The molecule has 39 nitrogen and oxygen atoms in total. The van der Waals surface area contributed by atoms with Crippen molar-refractivity contribution in [3.63, 3.8) is 0 Å². The number of aliphatic hydroxyl groups is 2. The van der Waals surface area contributed by atoms with Gasteiger partial charge in [0, 0.05) is 110 Å². The summed E-state index contributed by atoms with van der Waals surface area (Å²) in [6.07, 6.45) is 11.3. The maximum absolute atomic E-state index is 14.6. The van der Waals surface area contributed by atoms with Crippen LogP contribution >= 0.6 is 0 Å². The number of carboxylic acids is 1. The molecule has 2 saturated heterocycles. The largest absolute Gasteiger partial charge is 0.480 e. The van der Waals surface area contributed by atoms with Crippen molar-refractivity contribution in [1.82, 2.24) is 103 Å². The Morgan fingerprint density at radius 3 is 1.54 bits per heavy atom. The molecule has 13 atom stereocenters. The Hall–Kier alpha value is -11.6. The molecule has 106 heavy (non-hydrogen) atoms. The van der Waals surface area contributed by atoms with E-state index in [1.807, 2.05) is 24.3 Å². The number of aliphatic carboxylic acids is 1. The first-order valence-electron chi connectivity index (χ1n) is 34.8. The molecule has 572 valence electrons. The number of aliphatic imine (C=N–C) groups is 1. The van der Waals surface area contributed by atoms with Gasteiger partial charge in [-0.2, -0.15) is 0 Å². The van der Waals surface area contributed by atoms with Crippen molar-refractivity contribution in [3.05, 3.63) is 109 Å². The molecule has 11 amide bonds. The van der Waals surface area contributed by atoms with Crippen molar-refractivity contribution in [1.29, 1.82) is 0 Å². The van der Waals surface area contributed by atoms with Gasteiger partial charge in [0.1, 0.15) is 66.5 Å². The number of nitrogens with one attached hydrogen (secondary N) is 14. The lowest BCUT2D eigenvalue weighted by Gasteiger charge is -2.30. The van der Waals surface area contributed by atoms with Crippen molar-refractivity contribution >= 4 is 87.8 Å². The molecule has 6 aromatic rings. The van der Waals surface area contributed by atoms with E-state index in [0.29, 0.717) is 35.6 Å². The highest BCUT2D eigenvalue weighted by molar-refractivity contribution is 6.00. The Morgan fingerprint density at radius 1 is 0.547 bits per heavy atom. The van der Waals surface area contributed by atoms with E-state index in [1.165, 1.54) is 68.8 Å². The van der Waals surface area contributed by atoms with Crippen molar-refractivity contribution in [2.45, 2.75) is 183 Å². The lowest BCUT2D eigenvalue weighted by atomic mass is 10.0. The predicted octanol–water partition coefficient (Wildman–Crippen LogP) is -5.18. The summed E-state index contributed by atoms with van der Waals surface area (Å²) in [5.74, 6) is -11.4. The predicted molar refractivity (Wildman–Crippen MR) is 377 cm³/mol. The summed E-state index contributed by atoms with van der Waals surface area (Å²) in [6, 6.07) is -9.50. The number of aliphatic hydroxyl groups excluding tert-OH is 2. The average molecular weight is 1480 g/mol. The molecule has 2 aliphatic rings. The lowest BCUT2D eigenvalue weighted by molar-refractivity contribution is -0.149. The highest BCUT2D eigenvalue weighted by Crippen LogP contribution is 2.23. The molecule has 0 saturated carbocycles. The van der Waals surface area contributed by atoms with Crippen LogP contribution in [-0.4, -0.2) is 252 Å². The SMILES string of the molecule is CC(C)C[C@H](NC(=O)[C@@H](NC(=O)[C@H](Cc1cnc[nH]1)NC(=O)[C@H](CCCN=C(N)N)NC(=O)[C@H](Cc1cnc[nH]1)NC(=O)[C@@H](N)Cc1c[nH]c2ccccc12)[C@@H](C)O)C(=O)N[C@@H](C)C(=O)N1CCC[C@H]1C(=O)N[C@@H](Cc1cnc[nH]1)C(=O)N[C@@H](CO)C(=O)N[C@@H](Cc1cnc[nH]1)C(=O)N1CCC[C@H]1C(=O)O. The van der Waals surface area contributed by atoms with Crippen LogP contribution in [0, 0.1) is 5.92 Å². The first-order valence-corrected chi connectivity index (χ1v) is 34.8. The van der Waals surface area contributed by atoms with E-state index in [9.17, 15) is 72.9 Å². The normalized spacial score (nSPS) is 17.4. The van der Waals surface area contributed by atoms with Crippen LogP contribution in [0.15, 0.2) is 85.6 Å². The molecule has 23 N–H and O–H groups in total. The van der Waals surface area contributed by atoms with Crippen LogP contribution in [0.5, 0.6) is 0 Å². The van der Waals surface area contributed by atoms with Crippen LogP contribution in [0.1, 0.15) is 101 Å². The third-order valence-electron chi connectivity index (χ3n) is 18.1. The molecule has 2 fully saturated rings. The number of fused-ring (bicyclic) bond motifs is 1. The van der Waals surface area contributed by atoms with E-state index in [-0.39, 0.29) is 95.7 Å². The van der Waals surface area contributed by atoms with Gasteiger partial charge in [0.25, 0.3) is 0 Å². The molecule has 5 aromatic heterocycles. The van der Waals surface area contributed by atoms with E-state index in [4.69, 9.17) is 17.2 Å². The second-order valence-corrected chi connectivity index (χ2v) is 26.7. The van der Waals surface area contributed by atoms with Crippen molar-refractivity contribution in [2.75, 3.05) is 26.2 Å². The van der Waals surface area contributed by atoms with E-state index >= 15 is 0 Å². The summed E-state index contributed by atoms with van der Waals surface area (Å²) in [5, 5.41) is 55.7. The van der Waals surface area contributed by atoms with Gasteiger partial charge in [-0.1, -0.05) is 32.0 Å². The molecule has 39 heteroatoms. The molecule has 0 aliphatic carbocycles. The summed E-state index contributed by atoms with van der Waals surface area (Å²) in [5.41, 5.74) is 20.7. The number of nitrogens with two attached hydrogens (primary N) is 3. The smallest absolute Gasteiger partial charge is 0.326 e. The van der Waals surface area contributed by atoms with Gasteiger partial charge in [-0.25, -0.2) is 24.7 Å². The molecule has 0 unspecified atom stereocenters. The number of benzene rings is 1. The second kappa shape index (κ2) is 38.2. The van der Waals surface area contributed by atoms with Crippen molar-refractivity contribution in [2.24, 2.45) is 28.1 Å². The number of carboxylic acid groups (broad SMARTS) is 1. The molecule has 8 rings (SSSR count). The molecule has 0 bridgehead atoms. The Bertz CT molecular complexity index is 3990. The number of carbonyl (C=O) groups excluding carboxylic acids is 11. The minimum absolute atomic E-state index is 0.00892. The number of hydrogen-bond donors (Lipinski definition) is 20. The molecule has 7 heterocycles. The van der Waals surface area contributed by atoms with Gasteiger partial charge in [-0.3, -0.25) is 57.7 Å². The topological polar surface area (TPSA) is 601 Å². The summed E-state index contributed by atoms with van der Waals surface area (Å²) in [7, 11) is 0. The molecular weight excluding hydrogens is 1380 g/mol. The molecule has 2 aliphatic heterocycles. The fraction of sp³-hybridized carbons (Fsp3) is 0.507. The number of H-pyrrole nitrogens is 5. The van der Waals surface area contributed by atoms with Crippen LogP contribution in [-0.2, 0) is 89.6 Å². The van der Waals surface area contributed by atoms with E-state index in [2.05, 4.69) is 97.7 Å². The average Bonchev–Trinajstić information content (AvgIpc) is 1.48. The van der Waals surface area contributed by atoms with Crippen LogP contribution in [0.25, 0.3) is 10.9 Å². The van der Waals surface area contributed by atoms with Crippen molar-refractivity contribution < 1.29 is 72.9 Å². The fourth-order valence-corrected chi connectivity index (χ4v) is 12.6. The number of aromatic amines is 5. The number of amides is 11. The highest BCUT2D eigenvalue weighted by atomic mass is 16.4. The van der Waals surface area contributed by atoms with E-state index in [0.717, 1.165) is 21.4 Å². The minimum atomic E-state index is -1.80. The summed E-state index contributed by atoms with van der Waals surface area (Å²) in [4.78, 5) is 206. The van der Waals surface area contributed by atoms with Gasteiger partial charge in [0.15, 0.2) is 5.96 Å². The standard InChI is InChI=1S/C67H94N24O15/c1-34(2)18-46(57(96)81-35(3)64(103)90-16-8-13-52(90)62(101)85-48(21-39-26-72-31-78-39)59(98)88-51(29-92)61(100)87-50(23-41-28-74-33-80-41)65(104)91-17-9-14-53(91)66(105)106)86-63(102)54(36(4)93)89-60(99)49(22-40-27-73-32-79-40)84-56(95)45(12-7-15-75-67(69)70)82-58(97)47(20-38-25-71-30-77-38)83-55(94)43(68)19-37-24-76-44-11-6-5-10-42(37)44/h5-6,10-11,24-28,30-36,43,45-54,76,92-93H,7-9,12-23,29,68H2,1-4H3,(H,71,77)(H,72,78)(H,73,79)(H,74,80)(H,81,96)(H,82,97)(H,83,94)(H,84,95)(H,85,101)(H,86,102)(H,87,100)(H,88,98)(H,89,99)(H,105,106)(H4,69,70,75)/t35-,36+,43-,45-,46-,47-,48-,49-,50-,51-,52-,53-,54-/m0/s1. The summed E-state index contributed by atoms with van der Waals surface area (Å²) >= 11 is 0. The van der Waals surface area contributed by atoms with Gasteiger partial charge in [-0.05, 0) is 82.8 Å². The maximum Gasteiger partial charge on any atom is 0.326 e. The number of aromatic nitrogens is 9. The first-order chi connectivity index (χ1) is 50.7. The Morgan fingerprint density at radius 2 is 1.01 bits per heavy atom. The first kappa shape index (κ1) is 80.1. The van der Waals surface area contributed by atoms with Crippen LogP contribution in [0.2, 0.25) is 0 Å². The van der Waals surface area contributed by atoms with Gasteiger partial charge in [-0.15, -0.1) is 0 Å². The Balaban J connectivity index is 0.914. The number of carbonyl (C=O) groups is 12. The van der Waals surface area contributed by atoms with Crippen LogP contribution < -0.4 is 65.1 Å². The number of para-hydroxylation sites is 1. The zero-order valence-electron chi connectivity index (χ0n) is 59.0. The van der Waals surface area contributed by atoms with E-state index in [1.54, 1.807) is 20.0 Å². The zero-order valence-corrected chi connectivity index (χ0v) is 59.0. The summed E-state index contributed by atoms with van der Waals surface area (Å²) in [6.45, 7) is 5.20. The van der Waals surface area contributed by atoms with Gasteiger partial charge in [0.2, 0.25) is 65.0 Å². The second-order valence-electron chi connectivity index (χ2n) is 26.7. The molecule has 0 spiro atoms. The third-order valence-corrected chi connectivity index (χ3v) is 18.1. The van der Waals surface area contributed by atoms with Crippen molar-refractivity contribution in [3.8, 4) is 0 Å². The Labute approximate surface area is 607 Å². The Kier molecular flexibility index (Phi) is 28.9. The highest BCUT2D eigenvalue weighted by Gasteiger charge is 2.42. The third kappa shape index (κ3) is 22.5. The van der Waals surface area contributed by atoms with Gasteiger partial charge < -0.3 is 115 Å². The molecule has 0 radical (unpaired) electrons. The monoisotopic (exact) mass is 1470 g/mol. The number of rotatable bonds is 39. The van der Waals surface area contributed by atoms with Crippen LogP contribution in [0.4, 0.5) is 0 Å². The zero-order chi connectivity index (χ0) is 76.7. The van der Waals surface area contributed by atoms with Gasteiger partial charge >= 0.3 is 5.97 Å². The number of hydrogen-bond acceptors (Lipinski definition) is 20.